The number of piperidine rings is 1. The highest BCUT2D eigenvalue weighted by Crippen LogP contribution is 2.35. The van der Waals surface area contributed by atoms with Crippen molar-refractivity contribution >= 4 is 11.6 Å². The van der Waals surface area contributed by atoms with E-state index in [-0.39, 0.29) is 5.54 Å². The molecule has 2 N–H and O–H groups in total. The molecule has 1 saturated carbocycles. The Morgan fingerprint density at radius 2 is 1.82 bits per heavy atom. The summed E-state index contributed by atoms with van der Waals surface area (Å²) < 4.78 is 2.01. The zero-order valence-electron chi connectivity index (χ0n) is 17.0. The minimum Gasteiger partial charge on any atom is -0.355 e. The van der Waals surface area contributed by atoms with Gasteiger partial charge in [0.15, 0.2) is 17.4 Å². The van der Waals surface area contributed by atoms with Gasteiger partial charge in [0, 0.05) is 25.3 Å². The predicted octanol–water partition coefficient (Wildman–Crippen LogP) is 2.58. The van der Waals surface area contributed by atoms with Crippen molar-refractivity contribution in [1.29, 1.82) is 0 Å². The quantitative estimate of drug-likeness (QED) is 0.613. The summed E-state index contributed by atoms with van der Waals surface area (Å²) in [5, 5.41) is 15.6. The van der Waals surface area contributed by atoms with E-state index in [1.165, 1.54) is 64.5 Å². The Bertz CT molecular complexity index is 785. The second-order valence-electron chi connectivity index (χ2n) is 8.16. The molecule has 1 aliphatic carbocycles. The predicted molar refractivity (Wildman–Crippen MR) is 112 cm³/mol. The molecule has 0 amide bonds. The number of aromatic nitrogens is 3. The van der Waals surface area contributed by atoms with Gasteiger partial charge in [-0.1, -0.05) is 31.7 Å². The molecule has 0 spiro atoms. The van der Waals surface area contributed by atoms with Gasteiger partial charge in [0.1, 0.15) is 0 Å². The number of likely N-dealkylation sites (tertiary alicyclic amines) is 1. The molecular formula is C21H33N7. The minimum atomic E-state index is 0.290. The van der Waals surface area contributed by atoms with E-state index in [0.717, 1.165) is 24.0 Å². The highest BCUT2D eigenvalue weighted by molar-refractivity contribution is 5.79. The van der Waals surface area contributed by atoms with E-state index >= 15 is 0 Å². The Hall–Kier alpha value is -2.15. The topological polar surface area (TPSA) is 69.8 Å². The van der Waals surface area contributed by atoms with Gasteiger partial charge in [-0.15, -0.1) is 10.2 Å². The summed E-state index contributed by atoms with van der Waals surface area (Å²) >= 11 is 0. The van der Waals surface area contributed by atoms with Crippen LogP contribution in [0.5, 0.6) is 0 Å². The van der Waals surface area contributed by atoms with Crippen molar-refractivity contribution in [2.45, 2.75) is 63.5 Å². The highest BCUT2D eigenvalue weighted by atomic mass is 15.3. The molecule has 2 aromatic heterocycles. The van der Waals surface area contributed by atoms with Crippen LogP contribution in [-0.4, -0.2) is 57.7 Å². The maximum absolute atomic E-state index is 4.45. The maximum Gasteiger partial charge on any atom is 0.191 e. The van der Waals surface area contributed by atoms with Gasteiger partial charge in [-0.05, 0) is 50.9 Å². The third-order valence-electron chi connectivity index (χ3n) is 6.42. The molecule has 1 aliphatic heterocycles. The summed E-state index contributed by atoms with van der Waals surface area (Å²) in [5.74, 6) is 1.73. The van der Waals surface area contributed by atoms with Gasteiger partial charge in [0.2, 0.25) is 0 Å². The molecule has 152 valence electrons. The first-order valence-corrected chi connectivity index (χ1v) is 10.8. The van der Waals surface area contributed by atoms with Crippen molar-refractivity contribution < 1.29 is 0 Å². The molecule has 3 heterocycles. The van der Waals surface area contributed by atoms with E-state index in [0.29, 0.717) is 6.54 Å². The van der Waals surface area contributed by atoms with Crippen LogP contribution in [0.25, 0.3) is 5.65 Å². The number of guanidine groups is 1. The van der Waals surface area contributed by atoms with Gasteiger partial charge in [0.25, 0.3) is 0 Å². The normalized spacial score (nSPS) is 21.0. The van der Waals surface area contributed by atoms with Crippen LogP contribution in [0, 0.1) is 0 Å². The zero-order valence-corrected chi connectivity index (χ0v) is 17.0. The molecule has 2 fully saturated rings. The Balaban J connectivity index is 1.38. The number of nitrogens with one attached hydrogen (secondary N) is 2. The van der Waals surface area contributed by atoms with Crippen LogP contribution in [0.4, 0.5) is 0 Å². The fourth-order valence-electron chi connectivity index (χ4n) is 4.83. The van der Waals surface area contributed by atoms with Crippen LogP contribution in [0.15, 0.2) is 29.4 Å². The molecule has 1 saturated heterocycles. The molecule has 0 atom stereocenters. The average Bonchev–Trinajstić information content (AvgIpc) is 3.18. The molecule has 0 aromatic carbocycles. The minimum absolute atomic E-state index is 0.290. The molecule has 7 heteroatoms. The lowest BCUT2D eigenvalue weighted by atomic mass is 9.79. The number of nitrogens with zero attached hydrogens (tertiary/aromatic N) is 5. The monoisotopic (exact) mass is 383 g/mol. The molecule has 2 aliphatic rings. The molecule has 7 nitrogen and oxygen atoms in total. The van der Waals surface area contributed by atoms with Crippen molar-refractivity contribution in [2.24, 2.45) is 4.99 Å². The molecule has 28 heavy (non-hydrogen) atoms. The van der Waals surface area contributed by atoms with Gasteiger partial charge in [-0.25, -0.2) is 0 Å². The third kappa shape index (κ3) is 4.14. The summed E-state index contributed by atoms with van der Waals surface area (Å²) in [6, 6.07) is 5.94. The maximum atomic E-state index is 4.45. The molecule has 0 radical (unpaired) electrons. The zero-order chi connectivity index (χ0) is 19.2. The van der Waals surface area contributed by atoms with Crippen molar-refractivity contribution in [3.8, 4) is 0 Å². The fourth-order valence-corrected chi connectivity index (χ4v) is 4.83. The molecular weight excluding hydrogens is 350 g/mol. The lowest BCUT2D eigenvalue weighted by Crippen LogP contribution is -2.59. The van der Waals surface area contributed by atoms with Crippen molar-refractivity contribution in [3.63, 3.8) is 0 Å². The summed E-state index contributed by atoms with van der Waals surface area (Å²) in [6.07, 6.45) is 12.7. The summed E-state index contributed by atoms with van der Waals surface area (Å²) in [5.41, 5.74) is 1.16. The lowest BCUT2D eigenvalue weighted by molar-refractivity contribution is 0.0368. The summed E-state index contributed by atoms with van der Waals surface area (Å²) in [7, 11) is 1.84. The van der Waals surface area contributed by atoms with Gasteiger partial charge in [-0.3, -0.25) is 14.3 Å². The Kier molecular flexibility index (Phi) is 6.10. The number of aliphatic imine (C=N–C) groups is 1. The smallest absolute Gasteiger partial charge is 0.191 e. The van der Waals surface area contributed by atoms with Crippen LogP contribution >= 0.6 is 0 Å². The standard InChI is InChI=1S/C21H33N7/c1-22-20(23-16-19-26-25-18-10-4-9-15-28(18)19)24-17-21(11-5-2-6-12-21)27-13-7-3-8-14-27/h4,9-10,15H,2-3,5-8,11-14,16-17H2,1H3,(H2,22,23,24). The van der Waals surface area contributed by atoms with Crippen LogP contribution in [0.1, 0.15) is 57.2 Å². The van der Waals surface area contributed by atoms with E-state index in [1.807, 2.05) is 35.8 Å². The van der Waals surface area contributed by atoms with Crippen LogP contribution in [-0.2, 0) is 6.54 Å². The van der Waals surface area contributed by atoms with Gasteiger partial charge < -0.3 is 10.6 Å². The molecule has 0 unspecified atom stereocenters. The lowest BCUT2D eigenvalue weighted by Gasteiger charge is -2.48. The van der Waals surface area contributed by atoms with E-state index in [4.69, 9.17) is 0 Å². The number of hydrogen-bond donors (Lipinski definition) is 2. The van der Waals surface area contributed by atoms with Crippen molar-refractivity contribution in [1.82, 2.24) is 30.1 Å². The van der Waals surface area contributed by atoms with Crippen molar-refractivity contribution in [3.05, 3.63) is 30.2 Å². The second kappa shape index (κ2) is 8.90. The van der Waals surface area contributed by atoms with E-state index in [1.54, 1.807) is 0 Å². The number of hydrogen-bond acceptors (Lipinski definition) is 4. The fraction of sp³-hybridized carbons (Fsp3) is 0.667. The van der Waals surface area contributed by atoms with Crippen LogP contribution in [0.2, 0.25) is 0 Å². The van der Waals surface area contributed by atoms with Crippen LogP contribution in [0.3, 0.4) is 0 Å². The van der Waals surface area contributed by atoms with Crippen molar-refractivity contribution in [2.75, 3.05) is 26.7 Å². The summed E-state index contributed by atoms with van der Waals surface area (Å²) in [6.45, 7) is 4.06. The summed E-state index contributed by atoms with van der Waals surface area (Å²) in [4.78, 5) is 7.21. The molecule has 2 aromatic rings. The van der Waals surface area contributed by atoms with E-state index in [2.05, 4.69) is 30.7 Å². The number of rotatable bonds is 5. The number of pyridine rings is 1. The Morgan fingerprint density at radius 1 is 1.04 bits per heavy atom. The molecule has 4 rings (SSSR count). The Morgan fingerprint density at radius 3 is 2.61 bits per heavy atom. The SMILES string of the molecule is CN=C(NCc1nnc2ccccn12)NCC1(N2CCCCC2)CCCCC1. The van der Waals surface area contributed by atoms with Gasteiger partial charge >= 0.3 is 0 Å². The Labute approximate surface area is 167 Å². The highest BCUT2D eigenvalue weighted by Gasteiger charge is 2.38. The molecule has 0 bridgehead atoms. The third-order valence-corrected chi connectivity index (χ3v) is 6.42. The average molecular weight is 384 g/mol. The van der Waals surface area contributed by atoms with E-state index in [9.17, 15) is 0 Å². The largest absolute Gasteiger partial charge is 0.355 e. The second-order valence-corrected chi connectivity index (χ2v) is 8.16. The van der Waals surface area contributed by atoms with E-state index < -0.39 is 0 Å². The van der Waals surface area contributed by atoms with Crippen LogP contribution < -0.4 is 10.6 Å². The first kappa shape index (κ1) is 19.2. The number of fused-ring (bicyclic) bond motifs is 1. The van der Waals surface area contributed by atoms with Gasteiger partial charge in [-0.2, -0.15) is 0 Å². The first-order chi connectivity index (χ1) is 13.8. The first-order valence-electron chi connectivity index (χ1n) is 10.8. The van der Waals surface area contributed by atoms with Gasteiger partial charge in [0.05, 0.1) is 6.54 Å².